The van der Waals surface area contributed by atoms with Crippen molar-refractivity contribution in [1.82, 2.24) is 14.1 Å². The highest BCUT2D eigenvalue weighted by Gasteiger charge is 2.16. The van der Waals surface area contributed by atoms with Crippen LogP contribution < -0.4 is 16.6 Å². The van der Waals surface area contributed by atoms with Crippen molar-refractivity contribution in [3.8, 4) is 0 Å². The summed E-state index contributed by atoms with van der Waals surface area (Å²) < 4.78 is 2.30. The van der Waals surface area contributed by atoms with Crippen LogP contribution >= 0.6 is 23.2 Å². The Hall–Kier alpha value is -3.42. The summed E-state index contributed by atoms with van der Waals surface area (Å²) >= 11 is 11.8. The van der Waals surface area contributed by atoms with E-state index in [-0.39, 0.29) is 24.1 Å². The number of aromatic nitrogens is 3. The van der Waals surface area contributed by atoms with Gasteiger partial charge in [-0.1, -0.05) is 35.3 Å². The zero-order chi connectivity index (χ0) is 22.0. The summed E-state index contributed by atoms with van der Waals surface area (Å²) in [6, 6.07) is 16.6. The summed E-state index contributed by atoms with van der Waals surface area (Å²) in [5, 5.41) is 3.81. The van der Waals surface area contributed by atoms with E-state index in [1.54, 1.807) is 60.7 Å². The Labute approximate surface area is 186 Å². The molecule has 0 spiro atoms. The number of pyridine rings is 1. The number of carbonyl (C=O) groups is 1. The van der Waals surface area contributed by atoms with Crippen LogP contribution in [0.4, 0.5) is 5.69 Å². The molecule has 4 rings (SSSR count). The second-order valence-corrected chi connectivity index (χ2v) is 7.69. The lowest BCUT2D eigenvalue weighted by Gasteiger charge is -2.14. The smallest absolute Gasteiger partial charge is 0.325 e. The van der Waals surface area contributed by atoms with Gasteiger partial charge in [0.05, 0.1) is 12.1 Å². The normalized spacial score (nSPS) is 10.9. The first kappa shape index (κ1) is 20.8. The molecular weight excluding hydrogens is 439 g/mol. The average molecular weight is 455 g/mol. The predicted octanol–water partition coefficient (Wildman–Crippen LogP) is 3.55. The van der Waals surface area contributed by atoms with Crippen LogP contribution in [0.15, 0.2) is 76.4 Å². The maximum Gasteiger partial charge on any atom is 0.332 e. The van der Waals surface area contributed by atoms with Gasteiger partial charge in [-0.2, -0.15) is 0 Å². The van der Waals surface area contributed by atoms with Gasteiger partial charge in [-0.15, -0.1) is 0 Å². The lowest BCUT2D eigenvalue weighted by molar-refractivity contribution is -0.116. The van der Waals surface area contributed by atoms with Crippen LogP contribution in [0.5, 0.6) is 0 Å². The maximum atomic E-state index is 13.2. The number of carbonyl (C=O) groups excluding carboxylic acids is 1. The van der Waals surface area contributed by atoms with Crippen molar-refractivity contribution in [3.63, 3.8) is 0 Å². The maximum absolute atomic E-state index is 13.2. The molecule has 156 valence electrons. The fourth-order valence-corrected chi connectivity index (χ4v) is 3.44. The van der Waals surface area contributed by atoms with E-state index in [0.717, 1.165) is 10.1 Å². The number of rotatable bonds is 5. The molecule has 0 bridgehead atoms. The van der Waals surface area contributed by atoms with Gasteiger partial charge in [-0.25, -0.2) is 9.78 Å². The highest BCUT2D eigenvalue weighted by Crippen LogP contribution is 2.14. The molecule has 1 N–H and O–H groups in total. The first-order valence-corrected chi connectivity index (χ1v) is 10.1. The van der Waals surface area contributed by atoms with Crippen LogP contribution in [0.2, 0.25) is 10.0 Å². The Morgan fingerprint density at radius 2 is 1.55 bits per heavy atom. The van der Waals surface area contributed by atoms with Crippen LogP contribution in [0.25, 0.3) is 11.0 Å². The molecule has 1 amide bonds. The minimum absolute atomic E-state index is 0.0279. The zero-order valence-corrected chi connectivity index (χ0v) is 17.6. The summed E-state index contributed by atoms with van der Waals surface area (Å²) in [6.07, 6.45) is 1.47. The quantitative estimate of drug-likeness (QED) is 0.499. The van der Waals surface area contributed by atoms with Crippen molar-refractivity contribution in [3.05, 3.63) is 103 Å². The molecular formula is C22H16Cl2N4O3. The molecule has 4 aromatic rings. The summed E-state index contributed by atoms with van der Waals surface area (Å²) in [5.74, 6) is -0.425. The topological polar surface area (TPSA) is 86.0 Å². The second-order valence-electron chi connectivity index (χ2n) is 6.81. The van der Waals surface area contributed by atoms with E-state index < -0.39 is 17.2 Å². The fraction of sp³-hybridized carbons (Fsp3) is 0.0909. The third-order valence-electron chi connectivity index (χ3n) is 4.67. The summed E-state index contributed by atoms with van der Waals surface area (Å²) in [5.41, 5.74) is 0.526. The highest BCUT2D eigenvalue weighted by molar-refractivity contribution is 6.30. The van der Waals surface area contributed by atoms with Crippen molar-refractivity contribution in [2.24, 2.45) is 0 Å². The van der Waals surface area contributed by atoms with Gasteiger partial charge in [-0.05, 0) is 54.1 Å². The van der Waals surface area contributed by atoms with Gasteiger partial charge in [0, 0.05) is 21.9 Å². The standard InChI is InChI=1S/C22H16Cl2N4O3/c23-15-5-3-14(4-6-15)12-28-21(30)20-18(2-1-11-25-20)27(22(28)31)13-19(29)26-17-9-7-16(24)8-10-17/h1-11H,12-13H2,(H,26,29). The number of anilines is 1. The lowest BCUT2D eigenvalue weighted by atomic mass is 10.2. The Balaban J connectivity index is 1.74. The van der Waals surface area contributed by atoms with E-state index in [4.69, 9.17) is 23.2 Å². The average Bonchev–Trinajstić information content (AvgIpc) is 2.77. The third-order valence-corrected chi connectivity index (χ3v) is 5.17. The van der Waals surface area contributed by atoms with Gasteiger partial charge < -0.3 is 5.32 Å². The van der Waals surface area contributed by atoms with Gasteiger partial charge >= 0.3 is 5.69 Å². The van der Waals surface area contributed by atoms with E-state index in [2.05, 4.69) is 10.3 Å². The van der Waals surface area contributed by atoms with E-state index in [9.17, 15) is 14.4 Å². The molecule has 0 aliphatic carbocycles. The van der Waals surface area contributed by atoms with E-state index in [1.165, 1.54) is 10.8 Å². The number of nitrogens with zero attached hydrogens (tertiary/aromatic N) is 3. The van der Waals surface area contributed by atoms with Gasteiger partial charge in [0.1, 0.15) is 6.54 Å². The molecule has 0 fully saturated rings. The largest absolute Gasteiger partial charge is 0.332 e. The molecule has 0 unspecified atom stereocenters. The van der Waals surface area contributed by atoms with Crippen molar-refractivity contribution in [2.45, 2.75) is 13.1 Å². The Morgan fingerprint density at radius 3 is 2.23 bits per heavy atom. The predicted molar refractivity (Wildman–Crippen MR) is 121 cm³/mol. The monoisotopic (exact) mass is 454 g/mol. The number of hydrogen-bond donors (Lipinski definition) is 1. The van der Waals surface area contributed by atoms with Crippen molar-refractivity contribution < 1.29 is 4.79 Å². The molecule has 2 heterocycles. The fourth-order valence-electron chi connectivity index (χ4n) is 3.18. The minimum Gasteiger partial charge on any atom is -0.325 e. The van der Waals surface area contributed by atoms with Gasteiger partial charge in [0.25, 0.3) is 5.56 Å². The Morgan fingerprint density at radius 1 is 0.903 bits per heavy atom. The number of benzene rings is 2. The van der Waals surface area contributed by atoms with Crippen molar-refractivity contribution in [2.75, 3.05) is 5.32 Å². The van der Waals surface area contributed by atoms with Crippen molar-refractivity contribution >= 4 is 45.8 Å². The third kappa shape index (κ3) is 4.52. The molecule has 0 aliphatic heterocycles. The van der Waals surface area contributed by atoms with Crippen LogP contribution in [0.1, 0.15) is 5.56 Å². The summed E-state index contributed by atoms with van der Waals surface area (Å²) in [4.78, 5) is 42.9. The number of fused-ring (bicyclic) bond motifs is 1. The second kappa shape index (κ2) is 8.75. The molecule has 0 saturated heterocycles. The number of halogens is 2. The number of hydrogen-bond acceptors (Lipinski definition) is 4. The first-order valence-electron chi connectivity index (χ1n) is 9.30. The minimum atomic E-state index is -0.605. The molecule has 0 saturated carbocycles. The molecule has 2 aromatic carbocycles. The first-order chi connectivity index (χ1) is 14.9. The van der Waals surface area contributed by atoms with Crippen molar-refractivity contribution in [1.29, 1.82) is 0 Å². The van der Waals surface area contributed by atoms with E-state index >= 15 is 0 Å². The number of nitrogens with one attached hydrogen (secondary N) is 1. The zero-order valence-electron chi connectivity index (χ0n) is 16.1. The molecule has 0 radical (unpaired) electrons. The van der Waals surface area contributed by atoms with Crippen LogP contribution in [0.3, 0.4) is 0 Å². The van der Waals surface area contributed by atoms with E-state index in [0.29, 0.717) is 15.7 Å². The summed E-state index contributed by atoms with van der Waals surface area (Å²) in [6.45, 7) is -0.259. The molecule has 2 aromatic heterocycles. The molecule has 7 nitrogen and oxygen atoms in total. The molecule has 0 atom stereocenters. The molecule has 0 aliphatic rings. The van der Waals surface area contributed by atoms with Crippen LogP contribution in [-0.2, 0) is 17.9 Å². The molecule has 31 heavy (non-hydrogen) atoms. The van der Waals surface area contributed by atoms with Crippen LogP contribution in [-0.4, -0.2) is 20.0 Å². The Bertz CT molecular complexity index is 1380. The van der Waals surface area contributed by atoms with E-state index in [1.807, 2.05) is 0 Å². The van der Waals surface area contributed by atoms with Crippen LogP contribution in [0, 0.1) is 0 Å². The highest BCUT2D eigenvalue weighted by atomic mass is 35.5. The van der Waals surface area contributed by atoms with Gasteiger partial charge in [0.15, 0.2) is 5.52 Å². The SMILES string of the molecule is O=C(Cn1c(=O)n(Cc2ccc(Cl)cc2)c(=O)c2ncccc21)Nc1ccc(Cl)cc1. The van der Waals surface area contributed by atoms with Gasteiger partial charge in [0.2, 0.25) is 5.91 Å². The lowest BCUT2D eigenvalue weighted by Crippen LogP contribution is -2.42. The van der Waals surface area contributed by atoms with Gasteiger partial charge in [-0.3, -0.25) is 18.7 Å². The number of amides is 1. The molecule has 9 heteroatoms. The Kier molecular flexibility index (Phi) is 5.88. The summed E-state index contributed by atoms with van der Waals surface area (Å²) in [7, 11) is 0.